The van der Waals surface area contributed by atoms with Gasteiger partial charge in [-0.15, -0.1) is 0 Å². The number of imide groups is 2. The van der Waals surface area contributed by atoms with Crippen LogP contribution in [0.3, 0.4) is 0 Å². The second-order valence-corrected chi connectivity index (χ2v) is 11.3. The Hall–Kier alpha value is -3.72. The highest BCUT2D eigenvalue weighted by Crippen LogP contribution is 2.63. The molecule has 0 bridgehead atoms. The Morgan fingerprint density at radius 2 is 1.79 bits per heavy atom. The van der Waals surface area contributed by atoms with Gasteiger partial charge in [-0.2, -0.15) is 0 Å². The van der Waals surface area contributed by atoms with Crippen LogP contribution in [0.2, 0.25) is 5.02 Å². The number of aromatic hydroxyl groups is 1. The average Bonchev–Trinajstić information content (AvgIpc) is 3.25. The molecular formula is C29H26ClFN2O6. The normalized spacial score (nSPS) is 31.7. The fourth-order valence-corrected chi connectivity index (χ4v) is 7.47. The van der Waals surface area contributed by atoms with E-state index in [0.29, 0.717) is 12.0 Å². The third kappa shape index (κ3) is 3.35. The Morgan fingerprint density at radius 1 is 1.05 bits per heavy atom. The first-order valence-corrected chi connectivity index (χ1v) is 13.1. The first-order chi connectivity index (χ1) is 18.5. The molecule has 1 N–H and O–H groups in total. The maximum absolute atomic E-state index is 14.3. The molecule has 2 aliphatic heterocycles. The zero-order valence-corrected chi connectivity index (χ0v) is 22.2. The minimum atomic E-state index is -1.27. The Morgan fingerprint density at radius 3 is 2.49 bits per heavy atom. The van der Waals surface area contributed by atoms with Crippen molar-refractivity contribution in [3.05, 3.63) is 64.5 Å². The first kappa shape index (κ1) is 25.6. The number of nitrogens with zero attached hydrogens (tertiary/aromatic N) is 2. The number of methoxy groups -OCH3 is 1. The van der Waals surface area contributed by atoms with Crippen molar-refractivity contribution < 1.29 is 33.4 Å². The second kappa shape index (κ2) is 8.64. The first-order valence-electron chi connectivity index (χ1n) is 12.7. The van der Waals surface area contributed by atoms with Gasteiger partial charge in [0, 0.05) is 13.0 Å². The summed E-state index contributed by atoms with van der Waals surface area (Å²) in [5.74, 6) is -5.08. The molecule has 39 heavy (non-hydrogen) atoms. The van der Waals surface area contributed by atoms with E-state index in [4.69, 9.17) is 16.3 Å². The quantitative estimate of drug-likeness (QED) is 0.455. The van der Waals surface area contributed by atoms with E-state index >= 15 is 0 Å². The van der Waals surface area contributed by atoms with Crippen molar-refractivity contribution in [3.8, 4) is 11.5 Å². The molecule has 1 saturated carbocycles. The van der Waals surface area contributed by atoms with Gasteiger partial charge < -0.3 is 9.84 Å². The molecule has 2 aromatic rings. The Balaban J connectivity index is 1.55. The molecule has 10 heteroatoms. The third-order valence-electron chi connectivity index (χ3n) is 9.19. The number of amides is 4. The number of halogens is 2. The van der Waals surface area contributed by atoms with Crippen LogP contribution in [0.25, 0.3) is 0 Å². The molecule has 0 radical (unpaired) electrons. The van der Waals surface area contributed by atoms with Crippen LogP contribution in [0, 0.1) is 34.9 Å². The van der Waals surface area contributed by atoms with Crippen LogP contribution >= 0.6 is 11.6 Å². The Labute approximate surface area is 229 Å². The number of benzene rings is 2. The fraction of sp³-hybridized carbons (Fsp3) is 0.379. The minimum Gasteiger partial charge on any atom is -0.504 e. The molecule has 2 aliphatic carbocycles. The summed E-state index contributed by atoms with van der Waals surface area (Å²) < 4.78 is 19.3. The fourth-order valence-electron chi connectivity index (χ4n) is 7.30. The van der Waals surface area contributed by atoms with Crippen LogP contribution in [0.5, 0.6) is 11.5 Å². The van der Waals surface area contributed by atoms with Gasteiger partial charge in [-0.05, 0) is 61.6 Å². The van der Waals surface area contributed by atoms with Crippen molar-refractivity contribution in [2.45, 2.75) is 25.7 Å². The molecule has 6 rings (SSSR count). The van der Waals surface area contributed by atoms with Gasteiger partial charge in [0.15, 0.2) is 11.5 Å². The summed E-state index contributed by atoms with van der Waals surface area (Å²) in [6.45, 7) is 1.74. The summed E-state index contributed by atoms with van der Waals surface area (Å²) in [7, 11) is 2.89. The van der Waals surface area contributed by atoms with E-state index in [2.05, 4.69) is 0 Å². The molecule has 0 spiro atoms. The lowest BCUT2D eigenvalue weighted by molar-refractivity contribution is -0.138. The van der Waals surface area contributed by atoms with E-state index in [-0.39, 0.29) is 40.4 Å². The molecule has 0 aromatic heterocycles. The molecule has 2 aromatic carbocycles. The number of phenols is 1. The number of ether oxygens (including phenoxy) is 1. The number of rotatable bonds is 3. The highest BCUT2D eigenvalue weighted by atomic mass is 35.5. The Bertz CT molecular complexity index is 1510. The van der Waals surface area contributed by atoms with Gasteiger partial charge in [0.25, 0.3) is 0 Å². The molecular weight excluding hydrogens is 527 g/mol. The zero-order valence-electron chi connectivity index (χ0n) is 21.5. The van der Waals surface area contributed by atoms with Gasteiger partial charge in [0.05, 0.1) is 41.0 Å². The van der Waals surface area contributed by atoms with Crippen LogP contribution in [0.4, 0.5) is 10.1 Å². The van der Waals surface area contributed by atoms with Crippen molar-refractivity contribution in [1.29, 1.82) is 0 Å². The molecule has 3 fully saturated rings. The highest BCUT2D eigenvalue weighted by Gasteiger charge is 2.67. The number of allylic oxidation sites excluding steroid dienone is 2. The second-order valence-electron chi connectivity index (χ2n) is 10.9. The lowest BCUT2D eigenvalue weighted by Gasteiger charge is -2.49. The molecule has 8 nitrogen and oxygen atoms in total. The standard InChI is InChI=1S/C29H26ClFN2O6/c1-29-18(26(36)33(28(29)38)14-5-8-20(31)19(30)11-14)12-17-15(6-7-16-23(17)27(37)32(2)25(16)35)24(29)13-4-9-21(34)22(10-13)39-3/h4-6,8-11,16-18,23-24,34H,7,12H2,1-3H3. The summed E-state index contributed by atoms with van der Waals surface area (Å²) in [6.07, 6.45) is 2.49. The summed E-state index contributed by atoms with van der Waals surface area (Å²) >= 11 is 6.01. The molecule has 2 heterocycles. The zero-order chi connectivity index (χ0) is 28.0. The number of hydrogen-bond acceptors (Lipinski definition) is 6. The largest absolute Gasteiger partial charge is 0.504 e. The van der Waals surface area contributed by atoms with Gasteiger partial charge in [0.1, 0.15) is 5.82 Å². The maximum Gasteiger partial charge on any atom is 0.241 e. The highest BCUT2D eigenvalue weighted by molar-refractivity contribution is 6.31. The molecule has 4 amide bonds. The topological polar surface area (TPSA) is 104 Å². The number of hydrogen-bond donors (Lipinski definition) is 1. The van der Waals surface area contributed by atoms with Crippen molar-refractivity contribution in [1.82, 2.24) is 4.90 Å². The van der Waals surface area contributed by atoms with E-state index in [9.17, 15) is 28.7 Å². The number of phenolic OH excluding ortho intramolecular Hbond substituents is 1. The van der Waals surface area contributed by atoms with E-state index in [1.165, 1.54) is 32.4 Å². The summed E-state index contributed by atoms with van der Waals surface area (Å²) in [4.78, 5) is 56.6. The molecule has 202 valence electrons. The van der Waals surface area contributed by atoms with E-state index in [1.54, 1.807) is 19.1 Å². The van der Waals surface area contributed by atoms with Crippen LogP contribution < -0.4 is 9.64 Å². The predicted octanol–water partition coefficient (Wildman–Crippen LogP) is 4.05. The SMILES string of the molecule is COc1cc(C2C3=CCC4C(=O)N(C)C(=O)C4C3CC3C(=O)N(c4ccc(F)c(Cl)c4)C(=O)C32C)ccc1O. The predicted molar refractivity (Wildman–Crippen MR) is 138 cm³/mol. The van der Waals surface area contributed by atoms with E-state index in [0.717, 1.165) is 21.4 Å². The smallest absolute Gasteiger partial charge is 0.241 e. The number of anilines is 1. The monoisotopic (exact) mass is 552 g/mol. The van der Waals surface area contributed by atoms with Crippen LogP contribution in [0.1, 0.15) is 31.2 Å². The average molecular weight is 553 g/mol. The molecule has 4 aliphatic rings. The summed E-state index contributed by atoms with van der Waals surface area (Å²) in [5, 5.41) is 10.0. The lowest BCUT2D eigenvalue weighted by Crippen LogP contribution is -2.48. The minimum absolute atomic E-state index is 0.0809. The molecule has 2 saturated heterocycles. The van der Waals surface area contributed by atoms with Crippen molar-refractivity contribution >= 4 is 40.9 Å². The maximum atomic E-state index is 14.3. The van der Waals surface area contributed by atoms with Gasteiger partial charge >= 0.3 is 0 Å². The van der Waals surface area contributed by atoms with Crippen LogP contribution in [0.15, 0.2) is 48.0 Å². The van der Waals surface area contributed by atoms with Crippen LogP contribution in [-0.4, -0.2) is 47.8 Å². The summed E-state index contributed by atoms with van der Waals surface area (Å²) in [5.41, 5.74) is 0.346. The number of carbonyl (C=O) groups excluding carboxylic acids is 4. The van der Waals surface area contributed by atoms with Crippen molar-refractivity contribution in [3.63, 3.8) is 0 Å². The number of carbonyl (C=O) groups is 4. The van der Waals surface area contributed by atoms with Crippen LogP contribution in [-0.2, 0) is 19.2 Å². The summed E-state index contributed by atoms with van der Waals surface area (Å²) in [6, 6.07) is 8.49. The number of likely N-dealkylation sites (tertiary alicyclic amines) is 1. The van der Waals surface area contributed by atoms with Gasteiger partial charge in [0.2, 0.25) is 23.6 Å². The van der Waals surface area contributed by atoms with Crippen molar-refractivity contribution in [2.75, 3.05) is 19.1 Å². The van der Waals surface area contributed by atoms with Gasteiger partial charge in [-0.3, -0.25) is 24.1 Å². The third-order valence-corrected chi connectivity index (χ3v) is 9.48. The van der Waals surface area contributed by atoms with Crippen molar-refractivity contribution in [2.24, 2.45) is 29.1 Å². The van der Waals surface area contributed by atoms with Gasteiger partial charge in [-0.25, -0.2) is 9.29 Å². The Kier molecular flexibility index (Phi) is 5.66. The van der Waals surface area contributed by atoms with E-state index in [1.807, 2.05) is 6.08 Å². The lowest BCUT2D eigenvalue weighted by atomic mass is 9.51. The molecule has 6 atom stereocenters. The molecule has 6 unspecified atom stereocenters. The van der Waals surface area contributed by atoms with Gasteiger partial charge in [-0.1, -0.05) is 29.3 Å². The number of fused-ring (bicyclic) bond motifs is 4. The van der Waals surface area contributed by atoms with E-state index < -0.39 is 52.6 Å².